The first kappa shape index (κ1) is 11.5. The predicted octanol–water partition coefficient (Wildman–Crippen LogP) is 2.45. The minimum absolute atomic E-state index is 0.0975. The molecule has 1 rings (SSSR count). The first-order valence-corrected chi connectivity index (χ1v) is 3.97. The average molecular weight is 220 g/mol. The summed E-state index contributed by atoms with van der Waals surface area (Å²) in [5.41, 5.74) is -1.29. The number of hydrogen-bond donors (Lipinski definition) is 1. The molecule has 1 aromatic carbocycles. The zero-order valence-electron chi connectivity index (χ0n) is 7.77. The van der Waals surface area contributed by atoms with E-state index in [0.29, 0.717) is 6.07 Å². The molecule has 82 valence electrons. The lowest BCUT2D eigenvalue weighted by Gasteiger charge is -2.10. The lowest BCUT2D eigenvalue weighted by Crippen LogP contribution is -2.10. The molecule has 0 aliphatic rings. The zero-order valence-corrected chi connectivity index (χ0v) is 7.77. The molecule has 0 saturated carbocycles. The van der Waals surface area contributed by atoms with Gasteiger partial charge in [0, 0.05) is 0 Å². The van der Waals surface area contributed by atoms with Gasteiger partial charge in [0.2, 0.25) is 0 Å². The summed E-state index contributed by atoms with van der Waals surface area (Å²) in [7, 11) is 0. The fraction of sp³-hybridized carbons (Fsp3) is 0.222. The van der Waals surface area contributed by atoms with Gasteiger partial charge in [0.15, 0.2) is 0 Å². The fourth-order valence-electron chi connectivity index (χ4n) is 1.16. The minimum Gasteiger partial charge on any atom is -0.323 e. The van der Waals surface area contributed by atoms with Crippen LogP contribution in [0.15, 0.2) is 17.2 Å². The molecule has 0 unspecified atom stereocenters. The summed E-state index contributed by atoms with van der Waals surface area (Å²) in [5, 5.41) is 3.09. The summed E-state index contributed by atoms with van der Waals surface area (Å²) in [6.45, 7) is 1.25. The van der Waals surface area contributed by atoms with E-state index in [-0.39, 0.29) is 11.1 Å². The van der Waals surface area contributed by atoms with Crippen LogP contribution in [0.5, 0.6) is 0 Å². The van der Waals surface area contributed by atoms with Crippen molar-refractivity contribution in [1.29, 1.82) is 0 Å². The second kappa shape index (κ2) is 3.88. The van der Waals surface area contributed by atoms with Gasteiger partial charge in [0.1, 0.15) is 5.82 Å². The van der Waals surface area contributed by atoms with Crippen molar-refractivity contribution in [3.8, 4) is 0 Å². The lowest BCUT2D eigenvalue weighted by atomic mass is 10.1. The van der Waals surface area contributed by atoms with Crippen LogP contribution < -0.4 is 5.84 Å². The first-order valence-electron chi connectivity index (χ1n) is 3.97. The summed E-state index contributed by atoms with van der Waals surface area (Å²) < 4.78 is 50.1. The van der Waals surface area contributed by atoms with Gasteiger partial charge < -0.3 is 5.84 Å². The van der Waals surface area contributed by atoms with Crippen LogP contribution in [-0.4, -0.2) is 6.21 Å². The summed E-state index contributed by atoms with van der Waals surface area (Å²) in [6.07, 6.45) is -3.69. The SMILES string of the molecule is Cc1cc(C=NN)cc(C(F)(F)F)c1F. The summed E-state index contributed by atoms with van der Waals surface area (Å²) in [4.78, 5) is 0. The second-order valence-electron chi connectivity index (χ2n) is 2.98. The van der Waals surface area contributed by atoms with Crippen LogP contribution in [0.1, 0.15) is 16.7 Å². The Labute approximate surface area is 83.4 Å². The average Bonchev–Trinajstić information content (AvgIpc) is 2.09. The molecule has 0 aliphatic carbocycles. The van der Waals surface area contributed by atoms with Crippen LogP contribution in [0.3, 0.4) is 0 Å². The molecule has 2 nitrogen and oxygen atoms in total. The van der Waals surface area contributed by atoms with E-state index in [1.165, 1.54) is 13.0 Å². The molecule has 6 heteroatoms. The number of nitrogens with two attached hydrogens (primary N) is 1. The topological polar surface area (TPSA) is 38.4 Å². The van der Waals surface area contributed by atoms with E-state index in [9.17, 15) is 17.6 Å². The predicted molar refractivity (Wildman–Crippen MR) is 47.9 cm³/mol. The molecule has 0 amide bonds. The standard InChI is InChI=1S/C9H8F4N2/c1-5-2-6(4-15-14)3-7(8(5)10)9(11,12)13/h2-4H,14H2,1H3. The van der Waals surface area contributed by atoms with Gasteiger partial charge >= 0.3 is 6.18 Å². The molecule has 0 aliphatic heterocycles. The highest BCUT2D eigenvalue weighted by Crippen LogP contribution is 2.32. The monoisotopic (exact) mass is 220 g/mol. The third kappa shape index (κ3) is 2.45. The summed E-state index contributed by atoms with van der Waals surface area (Å²) in [5.74, 6) is 3.54. The highest BCUT2D eigenvalue weighted by atomic mass is 19.4. The van der Waals surface area contributed by atoms with Gasteiger partial charge in [-0.15, -0.1) is 0 Å². The van der Waals surface area contributed by atoms with Crippen LogP contribution in [0.25, 0.3) is 0 Å². The Morgan fingerprint density at radius 1 is 1.33 bits per heavy atom. The largest absolute Gasteiger partial charge is 0.419 e. The van der Waals surface area contributed by atoms with Crippen LogP contribution in [0.4, 0.5) is 17.6 Å². The first-order chi connectivity index (χ1) is 6.86. The smallest absolute Gasteiger partial charge is 0.323 e. The van der Waals surface area contributed by atoms with Crippen LogP contribution in [0, 0.1) is 12.7 Å². The number of aryl methyl sites for hydroxylation is 1. The maximum atomic E-state index is 13.1. The number of alkyl halides is 3. The molecule has 0 saturated heterocycles. The van der Waals surface area contributed by atoms with Gasteiger partial charge in [-0.2, -0.15) is 18.3 Å². The van der Waals surface area contributed by atoms with Crippen molar-refractivity contribution in [2.75, 3.05) is 0 Å². The molecule has 0 atom stereocenters. The summed E-state index contributed by atoms with van der Waals surface area (Å²) >= 11 is 0. The normalized spacial score (nSPS) is 12.3. The van der Waals surface area contributed by atoms with E-state index in [4.69, 9.17) is 5.84 Å². The molecular formula is C9H8F4N2. The minimum atomic E-state index is -4.71. The number of nitrogens with zero attached hydrogens (tertiary/aromatic N) is 1. The fourth-order valence-corrected chi connectivity index (χ4v) is 1.16. The number of halogens is 4. The number of rotatable bonds is 1. The van der Waals surface area contributed by atoms with E-state index in [2.05, 4.69) is 5.10 Å². The zero-order chi connectivity index (χ0) is 11.6. The van der Waals surface area contributed by atoms with Crippen LogP contribution in [0.2, 0.25) is 0 Å². The molecule has 2 N–H and O–H groups in total. The highest BCUT2D eigenvalue weighted by Gasteiger charge is 2.34. The molecule has 0 radical (unpaired) electrons. The van der Waals surface area contributed by atoms with Crippen LogP contribution in [-0.2, 0) is 6.18 Å². The van der Waals surface area contributed by atoms with E-state index in [1.54, 1.807) is 0 Å². The second-order valence-corrected chi connectivity index (χ2v) is 2.98. The Bertz CT molecular complexity index is 396. The molecular weight excluding hydrogens is 212 g/mol. The molecule has 0 aromatic heterocycles. The van der Waals surface area contributed by atoms with Gasteiger partial charge in [-0.05, 0) is 30.2 Å². The molecule has 1 aromatic rings. The van der Waals surface area contributed by atoms with Crippen molar-refractivity contribution < 1.29 is 17.6 Å². The van der Waals surface area contributed by atoms with Gasteiger partial charge in [-0.1, -0.05) is 0 Å². The third-order valence-corrected chi connectivity index (χ3v) is 1.81. The van der Waals surface area contributed by atoms with E-state index in [0.717, 1.165) is 6.21 Å². The number of benzene rings is 1. The van der Waals surface area contributed by atoms with Gasteiger partial charge in [-0.3, -0.25) is 0 Å². The number of hydrazone groups is 1. The van der Waals surface area contributed by atoms with Crippen molar-refractivity contribution in [3.05, 3.63) is 34.6 Å². The highest BCUT2D eigenvalue weighted by molar-refractivity contribution is 5.80. The molecule has 15 heavy (non-hydrogen) atoms. The maximum Gasteiger partial charge on any atom is 0.419 e. The Hall–Kier alpha value is -1.59. The van der Waals surface area contributed by atoms with Gasteiger partial charge in [0.25, 0.3) is 0 Å². The maximum absolute atomic E-state index is 13.1. The van der Waals surface area contributed by atoms with Gasteiger partial charge in [0.05, 0.1) is 11.8 Å². The van der Waals surface area contributed by atoms with Crippen LogP contribution >= 0.6 is 0 Å². The quantitative estimate of drug-likeness (QED) is 0.335. The van der Waals surface area contributed by atoms with Crippen molar-refractivity contribution in [2.24, 2.45) is 10.9 Å². The van der Waals surface area contributed by atoms with E-state index in [1.807, 2.05) is 0 Å². The third-order valence-electron chi connectivity index (χ3n) is 1.81. The molecule has 0 fully saturated rings. The van der Waals surface area contributed by atoms with E-state index < -0.39 is 17.6 Å². The van der Waals surface area contributed by atoms with Gasteiger partial charge in [-0.25, -0.2) is 4.39 Å². The van der Waals surface area contributed by atoms with E-state index >= 15 is 0 Å². The van der Waals surface area contributed by atoms with Crippen molar-refractivity contribution in [3.63, 3.8) is 0 Å². The summed E-state index contributed by atoms with van der Waals surface area (Å²) in [6, 6.07) is 1.90. The Kier molecular flexibility index (Phi) is 2.97. The number of hydrogen-bond acceptors (Lipinski definition) is 2. The Morgan fingerprint density at radius 2 is 1.93 bits per heavy atom. The molecule has 0 bridgehead atoms. The van der Waals surface area contributed by atoms with Crippen molar-refractivity contribution >= 4 is 6.21 Å². The lowest BCUT2D eigenvalue weighted by molar-refractivity contribution is -0.140. The molecule has 0 spiro atoms. The molecule has 0 heterocycles. The van der Waals surface area contributed by atoms with Crippen molar-refractivity contribution in [1.82, 2.24) is 0 Å². The Morgan fingerprint density at radius 3 is 2.40 bits per heavy atom. The Balaban J connectivity index is 3.38. The van der Waals surface area contributed by atoms with Crippen molar-refractivity contribution in [2.45, 2.75) is 13.1 Å².